The van der Waals surface area contributed by atoms with Gasteiger partial charge >= 0.3 is 0 Å². The van der Waals surface area contributed by atoms with Crippen LogP contribution in [0.15, 0.2) is 23.1 Å². The smallest absolute Gasteiger partial charge is 0.241 e. The van der Waals surface area contributed by atoms with Crippen LogP contribution >= 0.6 is 0 Å². The minimum atomic E-state index is -3.78. The third-order valence-corrected chi connectivity index (χ3v) is 4.76. The molecule has 7 nitrogen and oxygen atoms in total. The maximum Gasteiger partial charge on any atom is 0.241 e. The lowest BCUT2D eigenvalue weighted by Gasteiger charge is -2.15. The molecule has 1 aromatic rings. The molecular weight excluding hydrogens is 320 g/mol. The summed E-state index contributed by atoms with van der Waals surface area (Å²) in [7, 11) is -0.681. The second-order valence-electron chi connectivity index (χ2n) is 5.11. The van der Waals surface area contributed by atoms with Gasteiger partial charge in [-0.05, 0) is 44.0 Å². The third-order valence-electron chi connectivity index (χ3n) is 3.23. The van der Waals surface area contributed by atoms with Gasteiger partial charge in [0.15, 0.2) is 0 Å². The molecule has 0 saturated carbocycles. The zero-order valence-electron chi connectivity index (χ0n) is 13.9. The molecule has 1 aromatic carbocycles. The van der Waals surface area contributed by atoms with Crippen molar-refractivity contribution in [2.75, 3.05) is 27.4 Å². The first-order chi connectivity index (χ1) is 10.8. The number of nitrogens with one attached hydrogen (secondary N) is 2. The largest absolute Gasteiger partial charge is 0.496 e. The zero-order valence-corrected chi connectivity index (χ0v) is 14.7. The van der Waals surface area contributed by atoms with Gasteiger partial charge in [-0.2, -0.15) is 4.72 Å². The summed E-state index contributed by atoms with van der Waals surface area (Å²) in [6.45, 7) is 4.22. The van der Waals surface area contributed by atoms with Crippen LogP contribution in [-0.2, 0) is 19.6 Å². The number of carbonyl (C=O) groups is 1. The molecule has 0 radical (unpaired) electrons. The predicted molar refractivity (Wildman–Crippen MR) is 87.0 cm³/mol. The summed E-state index contributed by atoms with van der Waals surface area (Å²) in [5.74, 6) is 0.225. The number of rotatable bonds is 9. The highest BCUT2D eigenvalue weighted by atomic mass is 32.2. The van der Waals surface area contributed by atoms with Gasteiger partial charge < -0.3 is 14.8 Å². The van der Waals surface area contributed by atoms with Gasteiger partial charge in [-0.3, -0.25) is 4.79 Å². The maximum absolute atomic E-state index is 12.3. The molecule has 8 heteroatoms. The van der Waals surface area contributed by atoms with Crippen molar-refractivity contribution in [3.05, 3.63) is 23.8 Å². The summed E-state index contributed by atoms with van der Waals surface area (Å²) in [5.41, 5.74) is 0.701. The van der Waals surface area contributed by atoms with E-state index in [4.69, 9.17) is 9.47 Å². The SMILES string of the molecule is COCCCNC(=O)[C@@H](C)NS(=O)(=O)c1ccc(OC)c(C)c1. The number of methoxy groups -OCH3 is 2. The highest BCUT2D eigenvalue weighted by Gasteiger charge is 2.22. The Kier molecular flexibility index (Phi) is 7.47. The highest BCUT2D eigenvalue weighted by Crippen LogP contribution is 2.21. The number of hydrogen-bond acceptors (Lipinski definition) is 5. The topological polar surface area (TPSA) is 93.7 Å². The molecule has 1 rings (SSSR count). The van der Waals surface area contributed by atoms with Gasteiger partial charge in [-0.1, -0.05) is 0 Å². The third kappa shape index (κ3) is 5.81. The van der Waals surface area contributed by atoms with Gasteiger partial charge in [0.2, 0.25) is 15.9 Å². The van der Waals surface area contributed by atoms with Gasteiger partial charge in [0, 0.05) is 20.3 Å². The van der Waals surface area contributed by atoms with Crippen LogP contribution in [0.5, 0.6) is 5.75 Å². The highest BCUT2D eigenvalue weighted by molar-refractivity contribution is 7.89. The van der Waals surface area contributed by atoms with E-state index >= 15 is 0 Å². The standard InChI is InChI=1S/C15H24N2O5S/c1-11-10-13(6-7-14(11)22-4)23(19,20)17-12(2)15(18)16-8-5-9-21-3/h6-7,10,12,17H,5,8-9H2,1-4H3,(H,16,18)/t12-/m1/s1. The van der Waals surface area contributed by atoms with E-state index in [1.54, 1.807) is 20.1 Å². The number of carbonyl (C=O) groups excluding carboxylic acids is 1. The Balaban J connectivity index is 2.70. The van der Waals surface area contributed by atoms with Crippen molar-refractivity contribution in [3.63, 3.8) is 0 Å². The lowest BCUT2D eigenvalue weighted by molar-refractivity contribution is -0.122. The van der Waals surface area contributed by atoms with Crippen molar-refractivity contribution < 1.29 is 22.7 Å². The molecule has 0 aliphatic carbocycles. The number of amides is 1. The molecule has 0 aromatic heterocycles. The second-order valence-corrected chi connectivity index (χ2v) is 6.83. The predicted octanol–water partition coefficient (Wildman–Crippen LogP) is 0.823. The molecule has 1 amide bonds. The normalized spacial score (nSPS) is 12.7. The van der Waals surface area contributed by atoms with Crippen LogP contribution in [-0.4, -0.2) is 47.7 Å². The zero-order chi connectivity index (χ0) is 17.5. The molecule has 0 heterocycles. The Morgan fingerprint density at radius 2 is 2.00 bits per heavy atom. The molecule has 0 aliphatic heterocycles. The van der Waals surface area contributed by atoms with Crippen LogP contribution in [0.3, 0.4) is 0 Å². The first-order valence-electron chi connectivity index (χ1n) is 7.25. The first kappa shape index (κ1) is 19.4. The number of benzene rings is 1. The van der Waals surface area contributed by atoms with Crippen molar-refractivity contribution >= 4 is 15.9 Å². The molecular formula is C15H24N2O5S. The summed E-state index contributed by atoms with van der Waals surface area (Å²) in [6, 6.07) is 3.66. The number of aryl methyl sites for hydroxylation is 1. The van der Waals surface area contributed by atoms with Crippen molar-refractivity contribution in [2.24, 2.45) is 0 Å². The van der Waals surface area contributed by atoms with Crippen LogP contribution in [0.2, 0.25) is 0 Å². The Hall–Kier alpha value is -1.64. The maximum atomic E-state index is 12.3. The fraction of sp³-hybridized carbons (Fsp3) is 0.533. The van der Waals surface area contributed by atoms with Crippen LogP contribution in [0.4, 0.5) is 0 Å². The monoisotopic (exact) mass is 344 g/mol. The van der Waals surface area contributed by atoms with Gasteiger partial charge in [-0.25, -0.2) is 8.42 Å². The van der Waals surface area contributed by atoms with Gasteiger partial charge in [0.25, 0.3) is 0 Å². The van der Waals surface area contributed by atoms with Gasteiger partial charge in [0.1, 0.15) is 5.75 Å². The van der Waals surface area contributed by atoms with E-state index in [0.29, 0.717) is 30.9 Å². The summed E-state index contributed by atoms with van der Waals surface area (Å²) < 4.78 is 37.0. The molecule has 0 saturated heterocycles. The van der Waals surface area contributed by atoms with Crippen molar-refractivity contribution in [1.29, 1.82) is 0 Å². The molecule has 2 N–H and O–H groups in total. The quantitative estimate of drug-likeness (QED) is 0.647. The van der Waals surface area contributed by atoms with Gasteiger partial charge in [-0.15, -0.1) is 0 Å². The Morgan fingerprint density at radius 1 is 1.30 bits per heavy atom. The van der Waals surface area contributed by atoms with E-state index in [0.717, 1.165) is 0 Å². The average Bonchev–Trinajstić information content (AvgIpc) is 2.50. The minimum Gasteiger partial charge on any atom is -0.496 e. The summed E-state index contributed by atoms with van der Waals surface area (Å²) in [4.78, 5) is 12.0. The number of ether oxygens (including phenoxy) is 2. The first-order valence-corrected chi connectivity index (χ1v) is 8.73. The summed E-state index contributed by atoms with van der Waals surface area (Å²) >= 11 is 0. The molecule has 23 heavy (non-hydrogen) atoms. The summed E-state index contributed by atoms with van der Waals surface area (Å²) in [5, 5.41) is 2.66. The van der Waals surface area contributed by atoms with E-state index in [1.807, 2.05) is 0 Å². The lowest BCUT2D eigenvalue weighted by Crippen LogP contribution is -2.45. The molecule has 130 valence electrons. The Morgan fingerprint density at radius 3 is 2.57 bits per heavy atom. The number of hydrogen-bond donors (Lipinski definition) is 2. The van der Waals surface area contributed by atoms with Crippen LogP contribution in [0.1, 0.15) is 18.9 Å². The van der Waals surface area contributed by atoms with Crippen molar-refractivity contribution in [2.45, 2.75) is 31.2 Å². The molecule has 0 aliphatic rings. The molecule has 0 unspecified atom stereocenters. The molecule has 0 spiro atoms. The van der Waals surface area contributed by atoms with Gasteiger partial charge in [0.05, 0.1) is 18.0 Å². The van der Waals surface area contributed by atoms with Crippen LogP contribution in [0, 0.1) is 6.92 Å². The second kappa shape index (κ2) is 8.85. The fourth-order valence-electron chi connectivity index (χ4n) is 1.95. The van der Waals surface area contributed by atoms with E-state index in [-0.39, 0.29) is 10.8 Å². The van der Waals surface area contributed by atoms with Crippen molar-refractivity contribution in [1.82, 2.24) is 10.0 Å². The lowest BCUT2D eigenvalue weighted by atomic mass is 10.2. The Bertz CT molecular complexity index is 631. The fourth-order valence-corrected chi connectivity index (χ4v) is 3.24. The molecule has 0 bridgehead atoms. The Labute approximate surface area is 137 Å². The summed E-state index contributed by atoms with van der Waals surface area (Å²) in [6.07, 6.45) is 0.666. The average molecular weight is 344 g/mol. The minimum absolute atomic E-state index is 0.0924. The molecule has 1 atom stereocenters. The van der Waals surface area contributed by atoms with E-state index in [2.05, 4.69) is 10.0 Å². The van der Waals surface area contributed by atoms with E-state index in [1.165, 1.54) is 26.2 Å². The van der Waals surface area contributed by atoms with Crippen molar-refractivity contribution in [3.8, 4) is 5.75 Å². The number of sulfonamides is 1. The van der Waals surface area contributed by atoms with Crippen LogP contribution in [0.25, 0.3) is 0 Å². The van der Waals surface area contributed by atoms with Crippen LogP contribution < -0.4 is 14.8 Å². The van der Waals surface area contributed by atoms with E-state index in [9.17, 15) is 13.2 Å². The molecule has 0 fully saturated rings. The van der Waals surface area contributed by atoms with E-state index < -0.39 is 16.1 Å².